The summed E-state index contributed by atoms with van der Waals surface area (Å²) in [4.78, 5) is 0. The first-order valence-corrected chi connectivity index (χ1v) is 13.0. The van der Waals surface area contributed by atoms with Gasteiger partial charge in [0.1, 0.15) is 6.07 Å². The zero-order valence-electron chi connectivity index (χ0n) is 20.2. The van der Waals surface area contributed by atoms with Gasteiger partial charge in [0.25, 0.3) is 0 Å². The van der Waals surface area contributed by atoms with Crippen LogP contribution in [0.5, 0.6) is 0 Å². The molecule has 9 atom stereocenters. The van der Waals surface area contributed by atoms with Crippen molar-refractivity contribution in [2.75, 3.05) is 13.7 Å². The first kappa shape index (κ1) is 22.4. The quantitative estimate of drug-likeness (QED) is 0.698. The number of nitrogens with zero attached hydrogens (tertiary/aromatic N) is 3. The van der Waals surface area contributed by atoms with Crippen molar-refractivity contribution in [3.8, 4) is 6.07 Å². The summed E-state index contributed by atoms with van der Waals surface area (Å²) in [6.07, 6.45) is 13.2. The second kappa shape index (κ2) is 8.44. The highest BCUT2D eigenvalue weighted by molar-refractivity contribution is 5.16. The van der Waals surface area contributed by atoms with Crippen LogP contribution in [0.2, 0.25) is 0 Å². The molecule has 1 N–H and O–H groups in total. The summed E-state index contributed by atoms with van der Waals surface area (Å²) in [5.41, 5.74) is 0.386. The van der Waals surface area contributed by atoms with Crippen LogP contribution in [-0.4, -0.2) is 34.2 Å². The van der Waals surface area contributed by atoms with E-state index >= 15 is 0 Å². The Morgan fingerprint density at radius 3 is 2.75 bits per heavy atom. The van der Waals surface area contributed by atoms with Crippen molar-refractivity contribution in [2.45, 2.75) is 83.8 Å². The summed E-state index contributed by atoms with van der Waals surface area (Å²) in [5.74, 6) is 5.47. The Labute approximate surface area is 193 Å². The average Bonchev–Trinajstić information content (AvgIpc) is 3.36. The standard InChI is InChI=1S/C27H41N3O2/c1-18(16-30-13-10-20(15-28)29-30)24-6-7-25-23-5-4-19-14-27(31,17-32-3)12-9-21(19)22(23)8-11-26(24,25)2/h10,13,18-19,21-25,31H,4-9,11-12,14,16-17H2,1-3H3/t18-,19-,21+,22-,23-,24?,25+,26-,27-/m1/s1. The maximum atomic E-state index is 11.0. The first-order chi connectivity index (χ1) is 15.4. The van der Waals surface area contributed by atoms with Crippen LogP contribution >= 0.6 is 0 Å². The second-order valence-electron chi connectivity index (χ2n) is 12.1. The fraction of sp³-hybridized carbons (Fsp3) is 0.852. The molecule has 5 heteroatoms. The number of ether oxygens (including phenoxy) is 1. The number of aromatic nitrogens is 2. The molecule has 0 amide bonds. The van der Waals surface area contributed by atoms with Crippen molar-refractivity contribution < 1.29 is 9.84 Å². The van der Waals surface area contributed by atoms with Crippen LogP contribution in [0, 0.1) is 58.2 Å². The molecule has 4 fully saturated rings. The van der Waals surface area contributed by atoms with Gasteiger partial charge in [-0.25, -0.2) is 0 Å². The molecule has 0 bridgehead atoms. The van der Waals surface area contributed by atoms with E-state index in [1.807, 2.05) is 16.9 Å². The molecule has 5 nitrogen and oxygen atoms in total. The zero-order valence-corrected chi connectivity index (χ0v) is 20.2. The summed E-state index contributed by atoms with van der Waals surface area (Å²) in [6, 6.07) is 3.98. The number of hydrogen-bond donors (Lipinski definition) is 1. The minimum absolute atomic E-state index is 0.448. The van der Waals surface area contributed by atoms with Crippen LogP contribution in [0.1, 0.15) is 77.3 Å². The number of aliphatic hydroxyl groups is 1. The third kappa shape index (κ3) is 3.72. The second-order valence-corrected chi connectivity index (χ2v) is 12.1. The van der Waals surface area contributed by atoms with Gasteiger partial charge in [-0.3, -0.25) is 4.68 Å². The molecule has 0 saturated heterocycles. The van der Waals surface area contributed by atoms with Crippen molar-refractivity contribution in [2.24, 2.45) is 46.8 Å². The van der Waals surface area contributed by atoms with Gasteiger partial charge in [0, 0.05) is 19.9 Å². The molecular weight excluding hydrogens is 398 g/mol. The minimum Gasteiger partial charge on any atom is -0.387 e. The summed E-state index contributed by atoms with van der Waals surface area (Å²) in [7, 11) is 1.72. The van der Waals surface area contributed by atoms with E-state index in [4.69, 9.17) is 10.00 Å². The van der Waals surface area contributed by atoms with Gasteiger partial charge in [-0.05, 0) is 111 Å². The number of nitriles is 1. The van der Waals surface area contributed by atoms with Crippen LogP contribution in [0.4, 0.5) is 0 Å². The molecule has 1 unspecified atom stereocenters. The molecule has 1 aromatic heterocycles. The number of rotatable bonds is 5. The molecule has 0 aromatic carbocycles. The van der Waals surface area contributed by atoms with E-state index in [1.54, 1.807) is 7.11 Å². The molecule has 32 heavy (non-hydrogen) atoms. The Morgan fingerprint density at radius 1 is 1.19 bits per heavy atom. The molecule has 176 valence electrons. The lowest BCUT2D eigenvalue weighted by atomic mass is 9.48. The van der Waals surface area contributed by atoms with E-state index in [0.29, 0.717) is 29.6 Å². The van der Waals surface area contributed by atoms with Gasteiger partial charge < -0.3 is 9.84 Å². The molecule has 4 saturated carbocycles. The molecule has 4 aliphatic rings. The van der Waals surface area contributed by atoms with Crippen LogP contribution in [0.3, 0.4) is 0 Å². The summed E-state index contributed by atoms with van der Waals surface area (Å²) in [6.45, 7) is 6.44. The maximum absolute atomic E-state index is 11.0. The SMILES string of the molecule is COC[C@@]1(O)CC[C@H]2[C@H](CC[C@@H]3[C@@H]2CC[C@]2(C)C([C@H](C)Cn4ccc(C#N)n4)CC[C@@H]32)C1. The number of hydrogen-bond acceptors (Lipinski definition) is 4. The Morgan fingerprint density at radius 2 is 2.00 bits per heavy atom. The Balaban J connectivity index is 1.27. The van der Waals surface area contributed by atoms with Gasteiger partial charge in [0.2, 0.25) is 0 Å². The van der Waals surface area contributed by atoms with E-state index in [-0.39, 0.29) is 0 Å². The predicted octanol–water partition coefficient (Wildman–Crippen LogP) is 5.04. The summed E-state index contributed by atoms with van der Waals surface area (Å²) in [5, 5.41) is 24.5. The molecule has 0 radical (unpaired) electrons. The smallest absolute Gasteiger partial charge is 0.162 e. The predicted molar refractivity (Wildman–Crippen MR) is 124 cm³/mol. The van der Waals surface area contributed by atoms with E-state index in [9.17, 15) is 5.11 Å². The fourth-order valence-electron chi connectivity index (χ4n) is 9.28. The zero-order chi connectivity index (χ0) is 22.5. The van der Waals surface area contributed by atoms with Crippen molar-refractivity contribution >= 4 is 0 Å². The van der Waals surface area contributed by atoms with Crippen LogP contribution in [0.15, 0.2) is 12.3 Å². The molecule has 0 aliphatic heterocycles. The molecule has 1 aromatic rings. The van der Waals surface area contributed by atoms with Crippen LogP contribution < -0.4 is 0 Å². The molecule has 1 heterocycles. The van der Waals surface area contributed by atoms with E-state index < -0.39 is 5.60 Å². The van der Waals surface area contributed by atoms with Crippen LogP contribution in [0.25, 0.3) is 0 Å². The lowest BCUT2D eigenvalue weighted by Crippen LogP contribution is -2.52. The third-order valence-corrected chi connectivity index (χ3v) is 10.5. The van der Waals surface area contributed by atoms with Crippen molar-refractivity contribution in [3.05, 3.63) is 18.0 Å². The van der Waals surface area contributed by atoms with Gasteiger partial charge in [0.15, 0.2) is 5.69 Å². The Kier molecular flexibility index (Phi) is 5.91. The average molecular weight is 440 g/mol. The largest absolute Gasteiger partial charge is 0.387 e. The number of methoxy groups -OCH3 is 1. The highest BCUT2D eigenvalue weighted by atomic mass is 16.5. The van der Waals surface area contributed by atoms with Crippen LogP contribution in [-0.2, 0) is 11.3 Å². The fourth-order valence-corrected chi connectivity index (χ4v) is 9.28. The molecular formula is C27H41N3O2. The first-order valence-electron chi connectivity index (χ1n) is 13.0. The van der Waals surface area contributed by atoms with E-state index in [1.165, 1.54) is 44.9 Å². The van der Waals surface area contributed by atoms with Gasteiger partial charge in [0.05, 0.1) is 12.2 Å². The van der Waals surface area contributed by atoms with Crippen molar-refractivity contribution in [1.82, 2.24) is 9.78 Å². The van der Waals surface area contributed by atoms with Gasteiger partial charge in [-0.1, -0.05) is 13.8 Å². The van der Waals surface area contributed by atoms with E-state index in [2.05, 4.69) is 25.0 Å². The summed E-state index contributed by atoms with van der Waals surface area (Å²) >= 11 is 0. The Hall–Kier alpha value is -1.38. The number of fused-ring (bicyclic) bond motifs is 5. The molecule has 4 aliphatic carbocycles. The monoisotopic (exact) mass is 439 g/mol. The lowest BCUT2D eigenvalue weighted by molar-refractivity contribution is -0.126. The van der Waals surface area contributed by atoms with Crippen molar-refractivity contribution in [3.63, 3.8) is 0 Å². The summed E-state index contributed by atoms with van der Waals surface area (Å²) < 4.78 is 7.34. The molecule has 0 spiro atoms. The normalized spacial score (nSPS) is 44.2. The minimum atomic E-state index is -0.586. The molecule has 5 rings (SSSR count). The van der Waals surface area contributed by atoms with Gasteiger partial charge >= 0.3 is 0 Å². The lowest BCUT2D eigenvalue weighted by Gasteiger charge is -2.57. The van der Waals surface area contributed by atoms with Crippen molar-refractivity contribution in [1.29, 1.82) is 5.26 Å². The van der Waals surface area contributed by atoms with Gasteiger partial charge in [-0.15, -0.1) is 0 Å². The van der Waals surface area contributed by atoms with E-state index in [0.717, 1.165) is 49.0 Å². The highest BCUT2D eigenvalue weighted by Gasteiger charge is 2.58. The van der Waals surface area contributed by atoms with Gasteiger partial charge in [-0.2, -0.15) is 10.4 Å². The topological polar surface area (TPSA) is 71.1 Å². The third-order valence-electron chi connectivity index (χ3n) is 10.5. The Bertz CT molecular complexity index is 861. The highest BCUT2D eigenvalue weighted by Crippen LogP contribution is 2.65. The maximum Gasteiger partial charge on any atom is 0.162 e.